The molecule has 4 nitrogen and oxygen atoms in total. The molecule has 0 aliphatic heterocycles. The maximum absolute atomic E-state index is 6.57. The Hall–Kier alpha value is -2.53. The lowest BCUT2D eigenvalue weighted by molar-refractivity contribution is 0.502. The summed E-state index contributed by atoms with van der Waals surface area (Å²) in [7, 11) is 0. The van der Waals surface area contributed by atoms with Crippen molar-refractivity contribution in [3.8, 4) is 0 Å². The highest BCUT2D eigenvalue weighted by Gasteiger charge is 2.15. The Morgan fingerprint density at radius 2 is 1.46 bits per heavy atom. The molecule has 0 bridgehead atoms. The Bertz CT molecular complexity index is 1260. The van der Waals surface area contributed by atoms with E-state index in [1.54, 1.807) is 0 Å². The summed E-state index contributed by atoms with van der Waals surface area (Å²) in [6.45, 7) is 1.36. The number of hydrogen-bond donors (Lipinski definition) is 1. The summed E-state index contributed by atoms with van der Waals surface area (Å²) in [4.78, 5) is 4.46. The van der Waals surface area contributed by atoms with Crippen LogP contribution in [0.1, 0.15) is 0 Å². The molecular weight excluding hydrogens is 391 g/mol. The fourth-order valence-electron chi connectivity index (χ4n) is 3.95. The molecule has 0 fully saturated rings. The molecule has 6 heteroatoms. The molecule has 0 amide bonds. The van der Waals surface area contributed by atoms with E-state index in [0.29, 0.717) is 23.1 Å². The van der Waals surface area contributed by atoms with Crippen molar-refractivity contribution < 1.29 is 0 Å². The first-order valence-electron chi connectivity index (χ1n) is 9.12. The van der Waals surface area contributed by atoms with Gasteiger partial charge in [-0.3, -0.25) is 0 Å². The van der Waals surface area contributed by atoms with Gasteiger partial charge < -0.3 is 14.9 Å². The van der Waals surface area contributed by atoms with E-state index in [-0.39, 0.29) is 6.04 Å². The van der Waals surface area contributed by atoms with Crippen molar-refractivity contribution in [2.24, 2.45) is 5.73 Å². The Morgan fingerprint density at radius 1 is 0.821 bits per heavy atom. The van der Waals surface area contributed by atoms with Crippen molar-refractivity contribution in [1.82, 2.24) is 14.1 Å². The zero-order chi connectivity index (χ0) is 19.3. The lowest BCUT2D eigenvalue weighted by Gasteiger charge is -2.16. The van der Waals surface area contributed by atoms with Crippen LogP contribution < -0.4 is 5.73 Å². The number of nitrogens with zero attached hydrogens (tertiary/aromatic N) is 3. The average molecular weight is 409 g/mol. The van der Waals surface area contributed by atoms with E-state index < -0.39 is 0 Å². The summed E-state index contributed by atoms with van der Waals surface area (Å²) in [5.74, 6) is 0. The topological polar surface area (TPSA) is 48.8 Å². The van der Waals surface area contributed by atoms with Gasteiger partial charge in [0.1, 0.15) is 0 Å². The summed E-state index contributed by atoms with van der Waals surface area (Å²) >= 11 is 12.5. The van der Waals surface area contributed by atoms with Crippen LogP contribution in [-0.4, -0.2) is 20.2 Å². The molecule has 0 saturated heterocycles. The molecule has 5 rings (SSSR count). The number of fused-ring (bicyclic) bond motifs is 4. The minimum atomic E-state index is -0.0808. The third-order valence-corrected chi connectivity index (χ3v) is 5.63. The largest absolute Gasteiger partial charge is 0.339 e. The quantitative estimate of drug-likeness (QED) is 0.427. The maximum atomic E-state index is 6.57. The number of halogens is 2. The summed E-state index contributed by atoms with van der Waals surface area (Å²) in [6, 6.07) is 19.9. The first-order chi connectivity index (χ1) is 13.6. The normalized spacial score (nSPS) is 13.0. The molecule has 2 aromatic heterocycles. The number of nitrogens with two attached hydrogens (primary N) is 1. The minimum Gasteiger partial charge on any atom is -0.339 e. The maximum Gasteiger partial charge on any atom is 0.0958 e. The van der Waals surface area contributed by atoms with Crippen molar-refractivity contribution in [2.45, 2.75) is 19.1 Å². The van der Waals surface area contributed by atoms with E-state index in [1.807, 2.05) is 60.9 Å². The summed E-state index contributed by atoms with van der Waals surface area (Å²) in [5, 5.41) is 3.59. The molecule has 0 spiro atoms. The second kappa shape index (κ2) is 6.82. The predicted octanol–water partition coefficient (Wildman–Crippen LogP) is 5.48. The number of rotatable bonds is 4. The fourth-order valence-corrected chi connectivity index (χ4v) is 4.29. The lowest BCUT2D eigenvalue weighted by Crippen LogP contribution is -2.30. The second-order valence-electron chi connectivity index (χ2n) is 7.08. The Kier molecular flexibility index (Phi) is 4.27. The van der Waals surface area contributed by atoms with E-state index in [2.05, 4.69) is 20.2 Å². The van der Waals surface area contributed by atoms with Gasteiger partial charge in [0.25, 0.3) is 0 Å². The summed E-state index contributed by atoms with van der Waals surface area (Å²) in [6.07, 6.45) is 1.86. The molecule has 140 valence electrons. The monoisotopic (exact) mass is 408 g/mol. The first-order valence-corrected chi connectivity index (χ1v) is 9.88. The number of aromatic nitrogens is 3. The molecule has 5 aromatic rings. The van der Waals surface area contributed by atoms with Crippen molar-refractivity contribution >= 4 is 56.0 Å². The number of imidazole rings is 1. The van der Waals surface area contributed by atoms with Gasteiger partial charge >= 0.3 is 0 Å². The van der Waals surface area contributed by atoms with E-state index in [1.165, 1.54) is 0 Å². The van der Waals surface area contributed by atoms with Crippen LogP contribution in [0, 0.1) is 0 Å². The first kappa shape index (κ1) is 17.6. The van der Waals surface area contributed by atoms with Gasteiger partial charge in [0.15, 0.2) is 0 Å². The van der Waals surface area contributed by atoms with Crippen LogP contribution in [0.25, 0.3) is 32.8 Å². The minimum absolute atomic E-state index is 0.0808. The molecule has 2 heterocycles. The molecule has 1 atom stereocenters. The number of benzene rings is 3. The Morgan fingerprint density at radius 3 is 2.14 bits per heavy atom. The fraction of sp³-hybridized carbons (Fsp3) is 0.136. The molecular formula is C22H18Cl2N4. The van der Waals surface area contributed by atoms with Crippen molar-refractivity contribution in [1.29, 1.82) is 0 Å². The average Bonchev–Trinajstić information content (AvgIpc) is 3.21. The molecule has 0 radical (unpaired) electrons. The van der Waals surface area contributed by atoms with E-state index in [4.69, 9.17) is 28.9 Å². The van der Waals surface area contributed by atoms with Crippen molar-refractivity contribution in [3.05, 3.63) is 77.0 Å². The van der Waals surface area contributed by atoms with Gasteiger partial charge in [-0.05, 0) is 48.5 Å². The van der Waals surface area contributed by atoms with Crippen LogP contribution in [0.5, 0.6) is 0 Å². The molecule has 28 heavy (non-hydrogen) atoms. The van der Waals surface area contributed by atoms with Gasteiger partial charge in [0, 0.05) is 51.0 Å². The van der Waals surface area contributed by atoms with Crippen LogP contribution in [0.15, 0.2) is 67.0 Å². The Labute approximate surface area is 172 Å². The molecule has 3 aromatic carbocycles. The standard InChI is InChI=1S/C22H18Cl2N4/c23-14-5-7-20-17(9-14)18-10-15(24)6-8-21(18)28(20)12-16(25)11-27-13-26-19-3-1-2-4-22(19)27/h1-10,13,16H,11-12,25H2. The highest BCUT2D eigenvalue weighted by atomic mass is 35.5. The van der Waals surface area contributed by atoms with Gasteiger partial charge in [-0.25, -0.2) is 4.98 Å². The zero-order valence-corrected chi connectivity index (χ0v) is 16.5. The van der Waals surface area contributed by atoms with Crippen LogP contribution >= 0.6 is 23.2 Å². The summed E-state index contributed by atoms with van der Waals surface area (Å²) in [5.41, 5.74) is 10.9. The van der Waals surface area contributed by atoms with Crippen LogP contribution in [0.4, 0.5) is 0 Å². The highest BCUT2D eigenvalue weighted by molar-refractivity contribution is 6.33. The lowest BCUT2D eigenvalue weighted by atomic mass is 10.1. The van der Waals surface area contributed by atoms with Gasteiger partial charge in [-0.1, -0.05) is 35.3 Å². The smallest absolute Gasteiger partial charge is 0.0958 e. The zero-order valence-electron chi connectivity index (χ0n) is 15.0. The predicted molar refractivity (Wildman–Crippen MR) is 117 cm³/mol. The molecule has 0 aliphatic carbocycles. The van der Waals surface area contributed by atoms with Crippen molar-refractivity contribution in [2.75, 3.05) is 0 Å². The third kappa shape index (κ3) is 2.94. The second-order valence-corrected chi connectivity index (χ2v) is 7.95. The van der Waals surface area contributed by atoms with Gasteiger partial charge in [-0.2, -0.15) is 0 Å². The van der Waals surface area contributed by atoms with E-state index in [9.17, 15) is 0 Å². The van der Waals surface area contributed by atoms with E-state index in [0.717, 1.165) is 32.8 Å². The van der Waals surface area contributed by atoms with Gasteiger partial charge in [-0.15, -0.1) is 0 Å². The van der Waals surface area contributed by atoms with Gasteiger partial charge in [0.05, 0.1) is 17.4 Å². The van der Waals surface area contributed by atoms with Gasteiger partial charge in [0.2, 0.25) is 0 Å². The summed E-state index contributed by atoms with van der Waals surface area (Å²) < 4.78 is 4.36. The SMILES string of the molecule is NC(Cn1cnc2ccccc21)Cn1c2ccc(Cl)cc2c2cc(Cl)ccc21. The molecule has 1 unspecified atom stereocenters. The Balaban J connectivity index is 1.55. The number of hydrogen-bond acceptors (Lipinski definition) is 2. The molecule has 0 aliphatic rings. The molecule has 2 N–H and O–H groups in total. The highest BCUT2D eigenvalue weighted by Crippen LogP contribution is 2.33. The number of para-hydroxylation sites is 2. The van der Waals surface area contributed by atoms with Crippen molar-refractivity contribution in [3.63, 3.8) is 0 Å². The third-order valence-electron chi connectivity index (χ3n) is 5.16. The van der Waals surface area contributed by atoms with Crippen LogP contribution in [0.3, 0.4) is 0 Å². The van der Waals surface area contributed by atoms with Crippen LogP contribution in [-0.2, 0) is 13.1 Å². The molecule has 0 saturated carbocycles. The van der Waals surface area contributed by atoms with Crippen LogP contribution in [0.2, 0.25) is 10.0 Å². The van der Waals surface area contributed by atoms with E-state index >= 15 is 0 Å².